The van der Waals surface area contributed by atoms with E-state index in [1.54, 1.807) is 0 Å². The maximum absolute atomic E-state index is 6.11. The normalized spacial score (nSPS) is 10.3. The second kappa shape index (κ2) is 9.53. The number of hydrogen-bond acceptors (Lipinski definition) is 1. The van der Waals surface area contributed by atoms with Crippen molar-refractivity contribution in [1.82, 2.24) is 0 Å². The van der Waals surface area contributed by atoms with Crippen LogP contribution >= 0.6 is 23.8 Å². The standard InChI is InChI=1S/C19H23ClN2S/c1-2-3-4-5-8-15-11-13-16(14-12-15)21-19(23)22-18-10-7-6-9-17(18)20/h6-7,9-14H,2-5,8H2,1H3,(H2,21,22,23). The number of para-hydroxylation sites is 1. The van der Waals surface area contributed by atoms with Crippen molar-refractivity contribution in [3.05, 3.63) is 59.1 Å². The van der Waals surface area contributed by atoms with Crippen LogP contribution in [0.3, 0.4) is 0 Å². The summed E-state index contributed by atoms with van der Waals surface area (Å²) in [6.07, 6.45) is 6.30. The van der Waals surface area contributed by atoms with Gasteiger partial charge in [-0.3, -0.25) is 0 Å². The van der Waals surface area contributed by atoms with Crippen molar-refractivity contribution in [2.75, 3.05) is 10.6 Å². The molecule has 4 heteroatoms. The van der Waals surface area contributed by atoms with Crippen molar-refractivity contribution in [3.63, 3.8) is 0 Å². The third kappa shape index (κ3) is 6.20. The van der Waals surface area contributed by atoms with Gasteiger partial charge in [0, 0.05) is 5.69 Å². The molecule has 0 saturated heterocycles. The smallest absolute Gasteiger partial charge is 0.175 e. The van der Waals surface area contributed by atoms with E-state index in [4.69, 9.17) is 23.8 Å². The van der Waals surface area contributed by atoms with Crippen LogP contribution in [0.4, 0.5) is 11.4 Å². The van der Waals surface area contributed by atoms with Gasteiger partial charge < -0.3 is 10.6 Å². The summed E-state index contributed by atoms with van der Waals surface area (Å²) in [7, 11) is 0. The lowest BCUT2D eigenvalue weighted by Crippen LogP contribution is -2.19. The maximum Gasteiger partial charge on any atom is 0.175 e. The molecule has 0 heterocycles. The van der Waals surface area contributed by atoms with Gasteiger partial charge in [-0.15, -0.1) is 0 Å². The van der Waals surface area contributed by atoms with Gasteiger partial charge in [0.1, 0.15) is 0 Å². The van der Waals surface area contributed by atoms with Crippen molar-refractivity contribution >= 4 is 40.3 Å². The van der Waals surface area contributed by atoms with E-state index in [1.165, 1.54) is 31.2 Å². The fourth-order valence-corrected chi connectivity index (χ4v) is 2.77. The molecule has 2 nitrogen and oxygen atoms in total. The quantitative estimate of drug-likeness (QED) is 0.456. The first-order valence-electron chi connectivity index (χ1n) is 8.10. The van der Waals surface area contributed by atoms with Crippen LogP contribution < -0.4 is 10.6 Å². The number of unbranched alkanes of at least 4 members (excludes halogenated alkanes) is 3. The summed E-state index contributed by atoms with van der Waals surface area (Å²) in [4.78, 5) is 0. The van der Waals surface area contributed by atoms with E-state index in [0.29, 0.717) is 10.1 Å². The van der Waals surface area contributed by atoms with Crippen molar-refractivity contribution in [2.24, 2.45) is 0 Å². The summed E-state index contributed by atoms with van der Waals surface area (Å²) >= 11 is 11.4. The lowest BCUT2D eigenvalue weighted by Gasteiger charge is -2.12. The van der Waals surface area contributed by atoms with Gasteiger partial charge in [-0.1, -0.05) is 62.1 Å². The molecule has 122 valence electrons. The molecular weight excluding hydrogens is 324 g/mol. The fraction of sp³-hybridized carbons (Fsp3) is 0.316. The highest BCUT2D eigenvalue weighted by Crippen LogP contribution is 2.21. The van der Waals surface area contributed by atoms with E-state index in [0.717, 1.165) is 17.8 Å². The average molecular weight is 347 g/mol. The van der Waals surface area contributed by atoms with Gasteiger partial charge in [-0.2, -0.15) is 0 Å². The Morgan fingerprint density at radius 2 is 1.70 bits per heavy atom. The molecule has 0 aliphatic rings. The Morgan fingerprint density at radius 3 is 2.39 bits per heavy atom. The number of anilines is 2. The van der Waals surface area contributed by atoms with Crippen molar-refractivity contribution in [2.45, 2.75) is 39.0 Å². The number of aryl methyl sites for hydroxylation is 1. The Kier molecular flexibility index (Phi) is 7.37. The molecule has 0 bridgehead atoms. The summed E-state index contributed by atoms with van der Waals surface area (Å²) in [6.45, 7) is 2.24. The molecule has 2 aromatic rings. The third-order valence-corrected chi connectivity index (χ3v) is 4.19. The molecule has 0 radical (unpaired) electrons. The molecule has 0 aromatic heterocycles. The van der Waals surface area contributed by atoms with E-state index < -0.39 is 0 Å². The monoisotopic (exact) mass is 346 g/mol. The number of halogens is 1. The Labute approximate surface area is 149 Å². The number of thiocarbonyl (C=S) groups is 1. The molecule has 0 unspecified atom stereocenters. The predicted molar refractivity (Wildman–Crippen MR) is 106 cm³/mol. The summed E-state index contributed by atoms with van der Waals surface area (Å²) in [5, 5.41) is 7.48. The zero-order valence-corrected chi connectivity index (χ0v) is 15.0. The molecule has 0 aliphatic carbocycles. The SMILES string of the molecule is CCCCCCc1ccc(NC(=S)Nc2ccccc2Cl)cc1. The second-order valence-corrected chi connectivity index (χ2v) is 6.38. The Hall–Kier alpha value is -1.58. The van der Waals surface area contributed by atoms with Gasteiger partial charge in [0.2, 0.25) is 0 Å². The summed E-state index contributed by atoms with van der Waals surface area (Å²) in [6, 6.07) is 16.0. The van der Waals surface area contributed by atoms with Crippen molar-refractivity contribution in [1.29, 1.82) is 0 Å². The fourth-order valence-electron chi connectivity index (χ4n) is 2.36. The van der Waals surface area contributed by atoms with E-state index in [2.05, 4.69) is 41.8 Å². The Balaban J connectivity index is 1.83. The molecular formula is C19H23ClN2S. The second-order valence-electron chi connectivity index (χ2n) is 5.57. The molecule has 0 spiro atoms. The van der Waals surface area contributed by atoms with Crippen LogP contribution in [0.1, 0.15) is 38.2 Å². The maximum atomic E-state index is 6.11. The van der Waals surface area contributed by atoms with E-state index in [1.807, 2.05) is 24.3 Å². The van der Waals surface area contributed by atoms with E-state index in [9.17, 15) is 0 Å². The highest BCUT2D eigenvalue weighted by molar-refractivity contribution is 7.80. The van der Waals surface area contributed by atoms with Crippen molar-refractivity contribution < 1.29 is 0 Å². The highest BCUT2D eigenvalue weighted by atomic mass is 35.5. The first kappa shape index (κ1) is 17.8. The highest BCUT2D eigenvalue weighted by Gasteiger charge is 2.02. The number of nitrogens with one attached hydrogen (secondary N) is 2. The first-order valence-corrected chi connectivity index (χ1v) is 8.89. The van der Waals surface area contributed by atoms with E-state index in [-0.39, 0.29) is 0 Å². The van der Waals surface area contributed by atoms with Gasteiger partial charge in [0.15, 0.2) is 5.11 Å². The zero-order valence-electron chi connectivity index (χ0n) is 13.4. The lowest BCUT2D eigenvalue weighted by molar-refractivity contribution is 0.667. The minimum atomic E-state index is 0.536. The largest absolute Gasteiger partial charge is 0.332 e. The van der Waals surface area contributed by atoms with Crippen LogP contribution in [0.5, 0.6) is 0 Å². The third-order valence-electron chi connectivity index (χ3n) is 3.65. The summed E-state index contributed by atoms with van der Waals surface area (Å²) < 4.78 is 0. The van der Waals surface area contributed by atoms with Crippen molar-refractivity contribution in [3.8, 4) is 0 Å². The van der Waals surface area contributed by atoms with Crippen LogP contribution in [0, 0.1) is 0 Å². The molecule has 2 rings (SSSR count). The van der Waals surface area contributed by atoms with Crippen LogP contribution in [0.25, 0.3) is 0 Å². The predicted octanol–water partition coefficient (Wildman–Crippen LogP) is 6.27. The summed E-state index contributed by atoms with van der Waals surface area (Å²) in [5.74, 6) is 0. The molecule has 23 heavy (non-hydrogen) atoms. The van der Waals surface area contributed by atoms with Crippen LogP contribution in [-0.4, -0.2) is 5.11 Å². The van der Waals surface area contributed by atoms with Gasteiger partial charge in [-0.25, -0.2) is 0 Å². The van der Waals surface area contributed by atoms with E-state index >= 15 is 0 Å². The van der Waals surface area contributed by atoms with Crippen LogP contribution in [0.2, 0.25) is 5.02 Å². The molecule has 0 fully saturated rings. The van der Waals surface area contributed by atoms with Gasteiger partial charge >= 0.3 is 0 Å². The Morgan fingerprint density at radius 1 is 0.957 bits per heavy atom. The lowest BCUT2D eigenvalue weighted by atomic mass is 10.1. The summed E-state index contributed by atoms with van der Waals surface area (Å²) in [5.41, 5.74) is 3.16. The van der Waals surface area contributed by atoms with Crippen LogP contribution in [0.15, 0.2) is 48.5 Å². The number of rotatable bonds is 7. The molecule has 2 aromatic carbocycles. The van der Waals surface area contributed by atoms with Gasteiger partial charge in [0.25, 0.3) is 0 Å². The zero-order chi connectivity index (χ0) is 16.5. The molecule has 0 amide bonds. The van der Waals surface area contributed by atoms with Gasteiger partial charge in [-0.05, 0) is 54.9 Å². The molecule has 0 atom stereocenters. The minimum Gasteiger partial charge on any atom is -0.332 e. The molecule has 0 aliphatic heterocycles. The first-order chi connectivity index (χ1) is 11.2. The van der Waals surface area contributed by atoms with Crippen LogP contribution in [-0.2, 0) is 6.42 Å². The Bertz CT molecular complexity index is 626. The van der Waals surface area contributed by atoms with Gasteiger partial charge in [0.05, 0.1) is 10.7 Å². The average Bonchev–Trinajstić information content (AvgIpc) is 2.55. The minimum absolute atomic E-state index is 0.536. The molecule has 0 saturated carbocycles. The topological polar surface area (TPSA) is 24.1 Å². The number of hydrogen-bond donors (Lipinski definition) is 2. The molecule has 2 N–H and O–H groups in total. The number of benzene rings is 2.